The lowest BCUT2D eigenvalue weighted by Crippen LogP contribution is -2.82. The lowest BCUT2D eigenvalue weighted by Gasteiger charge is -2.73. The van der Waals surface area contributed by atoms with Crippen molar-refractivity contribution in [3.63, 3.8) is 0 Å². The first-order valence-electron chi connectivity index (χ1n) is 17.0. The van der Waals surface area contributed by atoms with E-state index in [9.17, 15) is 24.6 Å². The SMILES string of the molecule is CC(=O)O[C@@H]1C[C@H](O)[C@@]23CO[C@H](OC(=O)c4ccccc4)[C@]1(C)[C@@H]2C[C@@H](O)[C@]1(C)[C@@H]3C(=O)[C@H](OC(C)=O)[C@@]2(C)[C@H](c3ccoc3)C[C@H]3O[C@]321. The predicted molar refractivity (Wildman–Crippen MR) is 166 cm³/mol. The first-order valence-corrected chi connectivity index (χ1v) is 17.0. The van der Waals surface area contributed by atoms with E-state index in [1.165, 1.54) is 13.8 Å². The molecule has 2 aromatic rings. The van der Waals surface area contributed by atoms with Crippen LogP contribution in [0.5, 0.6) is 0 Å². The molecule has 8 rings (SSSR count). The molecule has 4 aliphatic carbocycles. The van der Waals surface area contributed by atoms with Gasteiger partial charge in [-0.3, -0.25) is 14.4 Å². The van der Waals surface area contributed by atoms with Gasteiger partial charge in [0.2, 0.25) is 6.29 Å². The van der Waals surface area contributed by atoms with Crippen molar-refractivity contribution in [2.24, 2.45) is 33.5 Å². The average molecular weight is 679 g/mol. The number of aliphatic hydroxyl groups is 2. The molecule has 262 valence electrons. The Balaban J connectivity index is 1.28. The second-order valence-corrected chi connectivity index (χ2v) is 15.6. The molecule has 6 aliphatic rings. The Bertz CT molecular complexity index is 1710. The van der Waals surface area contributed by atoms with E-state index in [-0.39, 0.29) is 37.0 Å². The second kappa shape index (κ2) is 10.5. The number of fused-ring (bicyclic) bond motifs is 1. The van der Waals surface area contributed by atoms with Crippen LogP contribution in [0.1, 0.15) is 75.7 Å². The maximum Gasteiger partial charge on any atom is 0.340 e. The summed E-state index contributed by atoms with van der Waals surface area (Å²) in [4.78, 5) is 54.0. The third kappa shape index (κ3) is 3.83. The zero-order valence-corrected chi connectivity index (χ0v) is 28.1. The van der Waals surface area contributed by atoms with Crippen LogP contribution in [0.3, 0.4) is 0 Å². The van der Waals surface area contributed by atoms with Gasteiger partial charge < -0.3 is 38.3 Å². The summed E-state index contributed by atoms with van der Waals surface area (Å²) in [6, 6.07) is 10.2. The molecular formula is C37H42O12. The van der Waals surface area contributed by atoms with Crippen molar-refractivity contribution >= 4 is 23.7 Å². The molecular weight excluding hydrogens is 636 g/mol. The summed E-state index contributed by atoms with van der Waals surface area (Å²) in [7, 11) is 0. The number of Topliss-reactive ketones (excluding diaryl/α,β-unsaturated/α-hetero) is 1. The Kier molecular flexibility index (Phi) is 6.97. The Hall–Kier alpha value is -3.58. The Labute approximate surface area is 283 Å². The van der Waals surface area contributed by atoms with Crippen LogP contribution in [0.25, 0.3) is 0 Å². The highest BCUT2D eigenvalue weighted by Crippen LogP contribution is 2.83. The van der Waals surface area contributed by atoms with Gasteiger partial charge in [0.15, 0.2) is 11.9 Å². The fraction of sp³-hybridized carbons (Fsp3) is 0.622. The molecule has 0 unspecified atom stereocenters. The van der Waals surface area contributed by atoms with E-state index >= 15 is 4.79 Å². The molecule has 14 atom stereocenters. The number of carbonyl (C=O) groups excluding carboxylic acids is 4. The molecule has 49 heavy (non-hydrogen) atoms. The topological polar surface area (TPSA) is 171 Å². The fourth-order valence-electron chi connectivity index (χ4n) is 11.9. The lowest BCUT2D eigenvalue weighted by atomic mass is 9.33. The molecule has 2 saturated heterocycles. The van der Waals surface area contributed by atoms with E-state index in [1.54, 1.807) is 49.8 Å². The van der Waals surface area contributed by atoms with Gasteiger partial charge in [0.25, 0.3) is 0 Å². The maximum atomic E-state index is 15.4. The standard InChI is InChI=1S/C37H42O12/c1-18(38)46-26-15-25(41)36-17-45-32(48-31(43)20-9-7-6-8-10-20)33(26,3)23(36)14-24(40)35(5)29(36)28(42)30(47-19(2)39)34(4)22(21-11-12-44-16-21)13-27-37(34,35)49-27/h6-12,16,22-27,29-30,32,40-41H,13-15,17H2,1-5H3/t22-,23-,24+,25-,26+,27+,29-,30-,32+,33+,34+,35+,36+,37+/m0/s1. The minimum Gasteiger partial charge on any atom is -0.472 e. The highest BCUT2D eigenvalue weighted by molar-refractivity contribution is 5.93. The molecule has 2 bridgehead atoms. The average Bonchev–Trinajstić information content (AvgIpc) is 3.41. The van der Waals surface area contributed by atoms with Gasteiger partial charge in [-0.1, -0.05) is 32.0 Å². The summed E-state index contributed by atoms with van der Waals surface area (Å²) in [6.07, 6.45) is -2.61. The number of epoxide rings is 1. The van der Waals surface area contributed by atoms with Crippen molar-refractivity contribution in [2.75, 3.05) is 6.61 Å². The summed E-state index contributed by atoms with van der Waals surface area (Å²) < 4.78 is 36.4. The molecule has 1 aromatic carbocycles. The van der Waals surface area contributed by atoms with E-state index in [1.807, 2.05) is 19.9 Å². The highest BCUT2D eigenvalue weighted by atomic mass is 16.7. The van der Waals surface area contributed by atoms with E-state index in [0.717, 1.165) is 5.56 Å². The van der Waals surface area contributed by atoms with Gasteiger partial charge in [-0.2, -0.15) is 0 Å². The van der Waals surface area contributed by atoms with Crippen LogP contribution in [-0.2, 0) is 38.1 Å². The first-order chi connectivity index (χ1) is 23.2. The zero-order valence-electron chi connectivity index (χ0n) is 28.1. The molecule has 0 amide bonds. The number of esters is 3. The third-order valence-corrected chi connectivity index (χ3v) is 13.8. The van der Waals surface area contributed by atoms with Crippen LogP contribution in [0.4, 0.5) is 0 Å². The van der Waals surface area contributed by atoms with Crippen LogP contribution >= 0.6 is 0 Å². The number of benzene rings is 1. The van der Waals surface area contributed by atoms with Crippen LogP contribution < -0.4 is 0 Å². The van der Waals surface area contributed by atoms with Gasteiger partial charge in [-0.15, -0.1) is 0 Å². The summed E-state index contributed by atoms with van der Waals surface area (Å²) in [5.41, 5.74) is -4.99. The molecule has 1 spiro atoms. The van der Waals surface area contributed by atoms with Crippen LogP contribution in [0.2, 0.25) is 0 Å². The number of hydrogen-bond acceptors (Lipinski definition) is 12. The van der Waals surface area contributed by atoms with Crippen molar-refractivity contribution in [1.82, 2.24) is 0 Å². The Morgan fingerprint density at radius 1 is 0.878 bits per heavy atom. The van der Waals surface area contributed by atoms with Crippen molar-refractivity contribution in [2.45, 2.75) is 102 Å². The maximum absolute atomic E-state index is 15.4. The zero-order chi connectivity index (χ0) is 34.9. The van der Waals surface area contributed by atoms with E-state index in [0.29, 0.717) is 6.42 Å². The summed E-state index contributed by atoms with van der Waals surface area (Å²) >= 11 is 0. The molecule has 3 heterocycles. The van der Waals surface area contributed by atoms with Gasteiger partial charge in [0.05, 0.1) is 53.8 Å². The van der Waals surface area contributed by atoms with Crippen LogP contribution in [0, 0.1) is 33.5 Å². The number of aliphatic hydroxyl groups excluding tert-OH is 2. The van der Waals surface area contributed by atoms with E-state index in [4.69, 9.17) is 28.1 Å². The first kappa shape index (κ1) is 32.6. The molecule has 0 radical (unpaired) electrons. The molecule has 1 aromatic heterocycles. The van der Waals surface area contributed by atoms with Crippen molar-refractivity contribution in [3.05, 3.63) is 60.1 Å². The quantitative estimate of drug-likeness (QED) is 0.269. The Morgan fingerprint density at radius 3 is 2.24 bits per heavy atom. The number of hydrogen-bond donors (Lipinski definition) is 2. The van der Waals surface area contributed by atoms with Crippen molar-refractivity contribution in [3.8, 4) is 0 Å². The minimum absolute atomic E-state index is 0.0663. The summed E-state index contributed by atoms with van der Waals surface area (Å²) in [6.45, 7) is 7.83. The van der Waals surface area contributed by atoms with Gasteiger partial charge in [-0.25, -0.2) is 4.79 Å². The molecule has 4 saturated carbocycles. The second-order valence-electron chi connectivity index (χ2n) is 15.6. The lowest BCUT2D eigenvalue weighted by molar-refractivity contribution is -0.372. The van der Waals surface area contributed by atoms with Crippen molar-refractivity contribution < 1.29 is 57.5 Å². The normalized spacial score (nSPS) is 47.5. The largest absolute Gasteiger partial charge is 0.472 e. The van der Waals surface area contributed by atoms with Gasteiger partial charge in [0, 0.05) is 42.9 Å². The number of furan rings is 1. The van der Waals surface area contributed by atoms with Crippen molar-refractivity contribution in [1.29, 1.82) is 0 Å². The molecule has 2 N–H and O–H groups in total. The monoisotopic (exact) mass is 678 g/mol. The number of rotatable bonds is 5. The number of carbonyl (C=O) groups is 4. The fourth-order valence-corrected chi connectivity index (χ4v) is 11.9. The Morgan fingerprint density at radius 2 is 1.59 bits per heavy atom. The number of ether oxygens (including phenoxy) is 5. The molecule has 12 heteroatoms. The highest BCUT2D eigenvalue weighted by Gasteiger charge is 2.92. The molecule has 12 nitrogen and oxygen atoms in total. The molecule has 6 fully saturated rings. The van der Waals surface area contributed by atoms with Crippen LogP contribution in [0.15, 0.2) is 53.3 Å². The smallest absolute Gasteiger partial charge is 0.340 e. The van der Waals surface area contributed by atoms with Crippen LogP contribution in [-0.4, -0.2) is 82.9 Å². The number of ketones is 1. The van der Waals surface area contributed by atoms with E-state index in [2.05, 4.69) is 0 Å². The van der Waals surface area contributed by atoms with E-state index < -0.39 is 93.5 Å². The summed E-state index contributed by atoms with van der Waals surface area (Å²) in [5.74, 6) is -4.48. The molecule has 2 aliphatic heterocycles. The predicted octanol–water partition coefficient (Wildman–Crippen LogP) is 3.33. The summed E-state index contributed by atoms with van der Waals surface area (Å²) in [5, 5.41) is 24.8. The van der Waals surface area contributed by atoms with Gasteiger partial charge in [-0.05, 0) is 49.4 Å². The third-order valence-electron chi connectivity index (χ3n) is 13.8. The van der Waals surface area contributed by atoms with Gasteiger partial charge in [0.1, 0.15) is 11.7 Å². The minimum atomic E-state index is -1.36. The van der Waals surface area contributed by atoms with Gasteiger partial charge >= 0.3 is 17.9 Å².